The lowest BCUT2D eigenvalue weighted by Crippen LogP contribution is -2.70. The van der Waals surface area contributed by atoms with Crippen molar-refractivity contribution in [2.75, 3.05) is 19.1 Å². The van der Waals surface area contributed by atoms with E-state index in [1.54, 1.807) is 72.5 Å². The Kier molecular flexibility index (Phi) is 6.41. The van der Waals surface area contributed by atoms with Crippen molar-refractivity contribution < 1.29 is 38.2 Å². The zero-order valence-corrected chi connectivity index (χ0v) is 24.7. The minimum Gasteiger partial charge on any atom is -0.466 e. The summed E-state index contributed by atoms with van der Waals surface area (Å²) in [6.45, 7) is 1.75. The first-order valence-corrected chi connectivity index (χ1v) is 14.4. The largest absolute Gasteiger partial charge is 0.466 e. The summed E-state index contributed by atoms with van der Waals surface area (Å²) >= 11 is 0. The Labute approximate surface area is 258 Å². The predicted octanol–water partition coefficient (Wildman–Crippen LogP) is 2.93. The van der Waals surface area contributed by atoms with Crippen LogP contribution < -0.4 is 4.90 Å². The molecule has 5 atom stereocenters. The standard InChI is InChI=1S/C34H29N3O8/c1-20-24(30(40)43-2)27(22-15-9-5-10-16-22)37-31(41)33(32(42)44-3)25-26(29(39)36(28(25)38)23-17-11-6-12-18-23)34(37,45-33)35(20)19-21-13-7-4-8-14-21/h4-18,25-27H,19H2,1-3H3/t25-,26+,27-,33+,34+/m1/s1. The van der Waals surface area contributed by atoms with Crippen LogP contribution in [0.25, 0.3) is 0 Å². The van der Waals surface area contributed by atoms with Crippen molar-refractivity contribution in [3.63, 3.8) is 0 Å². The molecule has 3 aromatic rings. The molecule has 0 saturated carbocycles. The summed E-state index contributed by atoms with van der Waals surface area (Å²) in [5.41, 5.74) is -0.423. The molecular formula is C34H29N3O8. The molecule has 7 rings (SSSR count). The third-order valence-corrected chi connectivity index (χ3v) is 9.26. The number of piperidine rings is 1. The molecule has 228 valence electrons. The van der Waals surface area contributed by atoms with Crippen LogP contribution in [0.2, 0.25) is 0 Å². The molecule has 2 bridgehead atoms. The van der Waals surface area contributed by atoms with Crippen molar-refractivity contribution in [2.45, 2.75) is 31.0 Å². The first-order valence-electron chi connectivity index (χ1n) is 14.4. The van der Waals surface area contributed by atoms with Gasteiger partial charge in [-0.2, -0.15) is 0 Å². The molecule has 3 saturated heterocycles. The van der Waals surface area contributed by atoms with Crippen LogP contribution in [0.3, 0.4) is 0 Å². The molecule has 11 nitrogen and oxygen atoms in total. The number of nitrogens with zero attached hydrogens (tertiary/aromatic N) is 3. The molecule has 45 heavy (non-hydrogen) atoms. The van der Waals surface area contributed by atoms with Crippen molar-refractivity contribution in [1.29, 1.82) is 0 Å². The molecule has 4 heterocycles. The number of fused-ring (bicyclic) bond motifs is 3. The van der Waals surface area contributed by atoms with Crippen LogP contribution in [0.1, 0.15) is 24.1 Å². The van der Waals surface area contributed by atoms with Crippen LogP contribution >= 0.6 is 0 Å². The van der Waals surface area contributed by atoms with Crippen molar-refractivity contribution in [3.05, 3.63) is 113 Å². The Morgan fingerprint density at radius 2 is 1.38 bits per heavy atom. The van der Waals surface area contributed by atoms with E-state index >= 15 is 0 Å². The lowest BCUT2D eigenvalue weighted by Gasteiger charge is -2.55. The van der Waals surface area contributed by atoms with Crippen LogP contribution in [0.15, 0.2) is 102 Å². The van der Waals surface area contributed by atoms with E-state index in [1.165, 1.54) is 12.0 Å². The molecule has 4 aliphatic heterocycles. The Hall–Kier alpha value is -5.29. The van der Waals surface area contributed by atoms with Gasteiger partial charge in [0.25, 0.3) is 11.5 Å². The Morgan fingerprint density at radius 1 is 0.800 bits per heavy atom. The number of anilines is 1. The highest BCUT2D eigenvalue weighted by molar-refractivity contribution is 6.28. The quantitative estimate of drug-likeness (QED) is 0.237. The molecule has 0 aromatic heterocycles. The SMILES string of the molecule is COC(=O)C1=C(C)N(Cc2ccccc2)[C@]23O[C@](C(=O)OC)(C(=O)N2[C@@H]1c1ccccc1)[C@H]1C(=O)N(c2ccccc2)C(=O)[C@H]13. The molecule has 3 aromatic carbocycles. The van der Waals surface area contributed by atoms with E-state index in [0.717, 1.165) is 17.6 Å². The lowest BCUT2D eigenvalue weighted by molar-refractivity contribution is -0.226. The summed E-state index contributed by atoms with van der Waals surface area (Å²) in [4.78, 5) is 75.2. The van der Waals surface area contributed by atoms with Crippen molar-refractivity contribution in [1.82, 2.24) is 9.80 Å². The van der Waals surface area contributed by atoms with E-state index in [9.17, 15) is 24.0 Å². The van der Waals surface area contributed by atoms with E-state index in [0.29, 0.717) is 16.9 Å². The van der Waals surface area contributed by atoms with E-state index in [4.69, 9.17) is 14.2 Å². The molecule has 11 heteroatoms. The fraction of sp³-hybridized carbons (Fsp3) is 0.265. The van der Waals surface area contributed by atoms with Gasteiger partial charge in [-0.05, 0) is 30.2 Å². The Bertz CT molecular complexity index is 1780. The predicted molar refractivity (Wildman–Crippen MR) is 157 cm³/mol. The summed E-state index contributed by atoms with van der Waals surface area (Å²) in [5, 5.41) is 0. The van der Waals surface area contributed by atoms with Gasteiger partial charge in [-0.3, -0.25) is 19.3 Å². The maximum atomic E-state index is 14.9. The van der Waals surface area contributed by atoms with E-state index in [2.05, 4.69) is 0 Å². The molecular weight excluding hydrogens is 578 g/mol. The fourth-order valence-corrected chi connectivity index (χ4v) is 7.45. The first-order chi connectivity index (χ1) is 21.7. The van der Waals surface area contributed by atoms with E-state index < -0.39 is 59.0 Å². The van der Waals surface area contributed by atoms with Gasteiger partial charge < -0.3 is 19.1 Å². The Balaban J connectivity index is 1.55. The number of benzene rings is 3. The van der Waals surface area contributed by atoms with Crippen molar-refractivity contribution in [2.24, 2.45) is 11.8 Å². The number of hydrogen-bond donors (Lipinski definition) is 0. The van der Waals surface area contributed by atoms with Crippen LogP contribution in [-0.4, -0.2) is 65.1 Å². The second-order valence-electron chi connectivity index (χ2n) is 11.3. The monoisotopic (exact) mass is 607 g/mol. The minimum absolute atomic E-state index is 0.0612. The summed E-state index contributed by atoms with van der Waals surface area (Å²) in [6, 6.07) is 25.2. The van der Waals surface area contributed by atoms with Crippen LogP contribution in [0, 0.1) is 11.8 Å². The first kappa shape index (κ1) is 28.5. The molecule has 0 unspecified atom stereocenters. The van der Waals surface area contributed by atoms with Gasteiger partial charge in [-0.25, -0.2) is 14.5 Å². The van der Waals surface area contributed by atoms with E-state index in [-0.39, 0.29) is 12.1 Å². The fourth-order valence-electron chi connectivity index (χ4n) is 7.45. The number of esters is 2. The number of carbonyl (C=O) groups is 5. The molecule has 3 amide bonds. The number of methoxy groups -OCH3 is 2. The molecule has 4 aliphatic rings. The maximum Gasteiger partial charge on any atom is 0.349 e. The normalized spacial score (nSPS) is 28.4. The molecule has 3 fully saturated rings. The second kappa shape index (κ2) is 10.1. The number of rotatable bonds is 6. The second-order valence-corrected chi connectivity index (χ2v) is 11.3. The van der Waals surface area contributed by atoms with Gasteiger partial charge >= 0.3 is 11.9 Å². The number of imide groups is 1. The van der Waals surface area contributed by atoms with Gasteiger partial charge in [0.1, 0.15) is 11.8 Å². The lowest BCUT2D eigenvalue weighted by atomic mass is 9.73. The highest BCUT2D eigenvalue weighted by Crippen LogP contribution is 2.66. The molecule has 1 spiro atoms. The van der Waals surface area contributed by atoms with Gasteiger partial charge in [0, 0.05) is 12.2 Å². The van der Waals surface area contributed by atoms with Crippen LogP contribution in [0.4, 0.5) is 5.69 Å². The summed E-state index contributed by atoms with van der Waals surface area (Å²) in [5.74, 6) is -8.95. The number of ether oxygens (including phenoxy) is 3. The highest BCUT2D eigenvalue weighted by atomic mass is 16.6. The average Bonchev–Trinajstić information content (AvgIpc) is 3.64. The van der Waals surface area contributed by atoms with Crippen LogP contribution in [-0.2, 0) is 44.7 Å². The third-order valence-electron chi connectivity index (χ3n) is 9.26. The summed E-state index contributed by atoms with van der Waals surface area (Å²) in [6.07, 6.45) is 0. The van der Waals surface area contributed by atoms with Gasteiger partial charge in [0.15, 0.2) is 0 Å². The third kappa shape index (κ3) is 3.58. The van der Waals surface area contributed by atoms with Gasteiger partial charge in [-0.1, -0.05) is 78.9 Å². The number of hydrogen-bond acceptors (Lipinski definition) is 9. The van der Waals surface area contributed by atoms with E-state index in [1.807, 2.05) is 30.3 Å². The number of para-hydroxylation sites is 1. The summed E-state index contributed by atoms with van der Waals surface area (Å²) < 4.78 is 17.1. The van der Waals surface area contributed by atoms with Crippen molar-refractivity contribution in [3.8, 4) is 0 Å². The van der Waals surface area contributed by atoms with Crippen LogP contribution in [0.5, 0.6) is 0 Å². The van der Waals surface area contributed by atoms with Gasteiger partial charge in [-0.15, -0.1) is 0 Å². The van der Waals surface area contributed by atoms with Gasteiger partial charge in [0.2, 0.25) is 17.7 Å². The zero-order chi connectivity index (χ0) is 31.7. The maximum absolute atomic E-state index is 14.9. The molecule has 0 N–H and O–H groups in total. The van der Waals surface area contributed by atoms with Gasteiger partial charge in [0.05, 0.1) is 31.5 Å². The number of amides is 3. The minimum atomic E-state index is -2.50. The number of allylic oxidation sites excluding steroid dienone is 1. The topological polar surface area (TPSA) is 123 Å². The zero-order valence-electron chi connectivity index (χ0n) is 24.7. The summed E-state index contributed by atoms with van der Waals surface area (Å²) in [7, 11) is 2.34. The molecule has 0 aliphatic carbocycles. The Morgan fingerprint density at radius 3 is 1.98 bits per heavy atom. The van der Waals surface area contributed by atoms with Crippen molar-refractivity contribution >= 4 is 35.3 Å². The molecule has 0 radical (unpaired) electrons. The smallest absolute Gasteiger partial charge is 0.349 e. The number of carbonyl (C=O) groups excluding carboxylic acids is 5. The highest BCUT2D eigenvalue weighted by Gasteiger charge is 2.88. The average molecular weight is 608 g/mol.